The Bertz CT molecular complexity index is 646. The standard InChI is InChI=1S/C13H9ClN4/c14-10-3-1-9(2-4-10)12-13(18-8-17-12)11-5-6-15-7-16-11/h1-8H,(H,17,18). The fourth-order valence-electron chi connectivity index (χ4n) is 1.75. The minimum atomic E-state index is 0.706. The minimum Gasteiger partial charge on any atom is -0.343 e. The van der Waals surface area contributed by atoms with Gasteiger partial charge in [-0.15, -0.1) is 0 Å². The number of nitrogens with one attached hydrogen (secondary N) is 1. The highest BCUT2D eigenvalue weighted by Gasteiger charge is 2.10. The number of H-pyrrole nitrogens is 1. The van der Waals surface area contributed by atoms with Crippen LogP contribution in [0.25, 0.3) is 22.6 Å². The second-order valence-corrected chi connectivity index (χ2v) is 4.16. The lowest BCUT2D eigenvalue weighted by Gasteiger charge is -2.02. The van der Waals surface area contributed by atoms with Gasteiger partial charge in [0.25, 0.3) is 0 Å². The molecule has 0 aliphatic heterocycles. The van der Waals surface area contributed by atoms with Crippen LogP contribution in [0.15, 0.2) is 49.2 Å². The Labute approximate surface area is 109 Å². The monoisotopic (exact) mass is 256 g/mol. The summed E-state index contributed by atoms with van der Waals surface area (Å²) >= 11 is 5.88. The molecule has 18 heavy (non-hydrogen) atoms. The van der Waals surface area contributed by atoms with Gasteiger partial charge >= 0.3 is 0 Å². The Morgan fingerprint density at radius 2 is 1.83 bits per heavy atom. The van der Waals surface area contributed by atoms with Crippen molar-refractivity contribution in [3.8, 4) is 22.6 Å². The van der Waals surface area contributed by atoms with Crippen molar-refractivity contribution in [3.63, 3.8) is 0 Å². The number of nitrogens with zero attached hydrogens (tertiary/aromatic N) is 3. The molecule has 0 atom stereocenters. The first kappa shape index (κ1) is 10.9. The molecule has 0 amide bonds. The van der Waals surface area contributed by atoms with E-state index in [0.717, 1.165) is 22.6 Å². The molecule has 88 valence electrons. The maximum atomic E-state index is 5.88. The third-order valence-electron chi connectivity index (χ3n) is 2.60. The Morgan fingerprint density at radius 1 is 1.00 bits per heavy atom. The van der Waals surface area contributed by atoms with Crippen LogP contribution in [0, 0.1) is 0 Å². The van der Waals surface area contributed by atoms with Crippen LogP contribution >= 0.6 is 11.6 Å². The molecule has 2 heterocycles. The quantitative estimate of drug-likeness (QED) is 0.766. The molecule has 2 aromatic heterocycles. The van der Waals surface area contributed by atoms with Crippen LogP contribution in [0.4, 0.5) is 0 Å². The summed E-state index contributed by atoms with van der Waals surface area (Å²) in [5.74, 6) is 0. The van der Waals surface area contributed by atoms with Gasteiger partial charge in [0.2, 0.25) is 0 Å². The van der Waals surface area contributed by atoms with Crippen molar-refractivity contribution in [2.24, 2.45) is 0 Å². The van der Waals surface area contributed by atoms with Crippen molar-refractivity contribution in [2.45, 2.75) is 0 Å². The average Bonchev–Trinajstić information content (AvgIpc) is 2.90. The van der Waals surface area contributed by atoms with E-state index in [2.05, 4.69) is 19.9 Å². The summed E-state index contributed by atoms with van der Waals surface area (Å²) in [7, 11) is 0. The zero-order valence-corrected chi connectivity index (χ0v) is 10.1. The van der Waals surface area contributed by atoms with Crippen molar-refractivity contribution < 1.29 is 0 Å². The lowest BCUT2D eigenvalue weighted by molar-refractivity contribution is 1.16. The Balaban J connectivity index is 2.10. The summed E-state index contributed by atoms with van der Waals surface area (Å²) in [5.41, 5.74) is 3.53. The minimum absolute atomic E-state index is 0.706. The smallest absolute Gasteiger partial charge is 0.116 e. The van der Waals surface area contributed by atoms with Crippen LogP contribution in [0.3, 0.4) is 0 Å². The first-order valence-corrected chi connectivity index (χ1v) is 5.78. The molecule has 3 aromatic rings. The van der Waals surface area contributed by atoms with Gasteiger partial charge in [-0.3, -0.25) is 0 Å². The van der Waals surface area contributed by atoms with E-state index in [-0.39, 0.29) is 0 Å². The van der Waals surface area contributed by atoms with E-state index in [1.54, 1.807) is 12.5 Å². The van der Waals surface area contributed by atoms with Gasteiger partial charge in [-0.1, -0.05) is 23.7 Å². The fraction of sp³-hybridized carbons (Fsp3) is 0. The molecule has 0 aliphatic rings. The number of aromatic amines is 1. The molecule has 5 heteroatoms. The van der Waals surface area contributed by atoms with Gasteiger partial charge in [0.15, 0.2) is 0 Å². The summed E-state index contributed by atoms with van der Waals surface area (Å²) in [6.45, 7) is 0. The lowest BCUT2D eigenvalue weighted by atomic mass is 10.1. The van der Waals surface area contributed by atoms with Crippen LogP contribution in [0.5, 0.6) is 0 Å². The molecule has 0 saturated carbocycles. The van der Waals surface area contributed by atoms with E-state index in [0.29, 0.717) is 5.02 Å². The van der Waals surface area contributed by atoms with E-state index in [1.165, 1.54) is 6.33 Å². The maximum Gasteiger partial charge on any atom is 0.116 e. The van der Waals surface area contributed by atoms with E-state index in [9.17, 15) is 0 Å². The predicted octanol–water partition coefficient (Wildman–Crippen LogP) is 3.19. The SMILES string of the molecule is Clc1ccc(-c2nc[nH]c2-c2ccncn2)cc1. The first-order chi connectivity index (χ1) is 8.84. The van der Waals surface area contributed by atoms with Gasteiger partial charge < -0.3 is 4.98 Å². The molecule has 1 N–H and O–H groups in total. The number of hydrogen-bond donors (Lipinski definition) is 1. The second kappa shape index (κ2) is 4.58. The molecule has 0 saturated heterocycles. The van der Waals surface area contributed by atoms with Crippen LogP contribution < -0.4 is 0 Å². The van der Waals surface area contributed by atoms with Crippen molar-refractivity contribution in [1.29, 1.82) is 0 Å². The zero-order chi connectivity index (χ0) is 12.4. The number of aromatic nitrogens is 4. The van der Waals surface area contributed by atoms with Crippen LogP contribution in [0.1, 0.15) is 0 Å². The number of benzene rings is 1. The van der Waals surface area contributed by atoms with E-state index >= 15 is 0 Å². The van der Waals surface area contributed by atoms with Gasteiger partial charge in [0, 0.05) is 16.8 Å². The molecular formula is C13H9ClN4. The second-order valence-electron chi connectivity index (χ2n) is 3.73. The average molecular weight is 257 g/mol. The Hall–Kier alpha value is -2.20. The summed E-state index contributed by atoms with van der Waals surface area (Å²) < 4.78 is 0. The van der Waals surface area contributed by atoms with Gasteiger partial charge in [-0.2, -0.15) is 0 Å². The molecule has 1 aromatic carbocycles. The number of halogens is 1. The third kappa shape index (κ3) is 1.98. The van der Waals surface area contributed by atoms with Crippen LogP contribution in [-0.4, -0.2) is 19.9 Å². The molecule has 0 unspecified atom stereocenters. The number of imidazole rings is 1. The highest BCUT2D eigenvalue weighted by Crippen LogP contribution is 2.27. The number of hydrogen-bond acceptors (Lipinski definition) is 3. The third-order valence-corrected chi connectivity index (χ3v) is 2.85. The molecule has 0 radical (unpaired) electrons. The molecule has 4 nitrogen and oxygen atoms in total. The molecule has 0 bridgehead atoms. The fourth-order valence-corrected chi connectivity index (χ4v) is 1.88. The van der Waals surface area contributed by atoms with E-state index < -0.39 is 0 Å². The largest absolute Gasteiger partial charge is 0.343 e. The maximum absolute atomic E-state index is 5.88. The summed E-state index contributed by atoms with van der Waals surface area (Å²) in [6, 6.07) is 9.39. The first-order valence-electron chi connectivity index (χ1n) is 5.40. The lowest BCUT2D eigenvalue weighted by Crippen LogP contribution is -1.87. The van der Waals surface area contributed by atoms with Gasteiger partial charge in [0.1, 0.15) is 6.33 Å². The Kier molecular flexibility index (Phi) is 2.78. The molecular weight excluding hydrogens is 248 g/mol. The normalized spacial score (nSPS) is 10.5. The summed E-state index contributed by atoms with van der Waals surface area (Å²) in [5, 5.41) is 0.706. The van der Waals surface area contributed by atoms with Gasteiger partial charge in [0.05, 0.1) is 23.4 Å². The highest BCUT2D eigenvalue weighted by molar-refractivity contribution is 6.30. The summed E-state index contributed by atoms with van der Waals surface area (Å²) in [6.07, 6.45) is 4.87. The van der Waals surface area contributed by atoms with Gasteiger partial charge in [-0.25, -0.2) is 15.0 Å². The van der Waals surface area contributed by atoms with Gasteiger partial charge in [-0.05, 0) is 18.2 Å². The molecule has 3 rings (SSSR count). The van der Waals surface area contributed by atoms with Crippen molar-refractivity contribution in [3.05, 3.63) is 54.2 Å². The van der Waals surface area contributed by atoms with Crippen molar-refractivity contribution >= 4 is 11.6 Å². The molecule has 0 spiro atoms. The van der Waals surface area contributed by atoms with Crippen LogP contribution in [0.2, 0.25) is 5.02 Å². The van der Waals surface area contributed by atoms with Crippen molar-refractivity contribution in [2.75, 3.05) is 0 Å². The zero-order valence-electron chi connectivity index (χ0n) is 9.34. The van der Waals surface area contributed by atoms with E-state index in [4.69, 9.17) is 11.6 Å². The number of rotatable bonds is 2. The summed E-state index contributed by atoms with van der Waals surface area (Å²) in [4.78, 5) is 15.6. The topological polar surface area (TPSA) is 54.5 Å². The predicted molar refractivity (Wildman–Crippen MR) is 70.1 cm³/mol. The molecule has 0 aliphatic carbocycles. The molecule has 0 fully saturated rings. The Morgan fingerprint density at radius 3 is 2.56 bits per heavy atom. The van der Waals surface area contributed by atoms with Crippen molar-refractivity contribution in [1.82, 2.24) is 19.9 Å². The van der Waals surface area contributed by atoms with Crippen LogP contribution in [-0.2, 0) is 0 Å². The highest BCUT2D eigenvalue weighted by atomic mass is 35.5. The van der Waals surface area contributed by atoms with E-state index in [1.807, 2.05) is 30.3 Å².